The highest BCUT2D eigenvalue weighted by Gasteiger charge is 2.21. The van der Waals surface area contributed by atoms with E-state index in [0.29, 0.717) is 12.8 Å². The number of aromatic nitrogens is 4. The lowest BCUT2D eigenvalue weighted by Crippen LogP contribution is -2.00. The normalized spacial score (nSPS) is 13.0. The van der Waals surface area contributed by atoms with E-state index in [0.717, 1.165) is 90.2 Å². The van der Waals surface area contributed by atoms with Gasteiger partial charge in [0, 0.05) is 40.5 Å². The van der Waals surface area contributed by atoms with Gasteiger partial charge in [0.15, 0.2) is 0 Å². The minimum atomic E-state index is -0.254. The Hall–Kier alpha value is -4.72. The number of methoxy groups -OCH3 is 2. The van der Waals surface area contributed by atoms with Gasteiger partial charge in [0.1, 0.15) is 0 Å². The summed E-state index contributed by atoms with van der Waals surface area (Å²) in [6.07, 6.45) is 4.26. The number of hydrogen-bond donors (Lipinski definition) is 2. The molecular formula is C36H40N4O4. The first-order valence-electron chi connectivity index (χ1n) is 15.0. The number of carbonyl (C=O) groups is 2. The Kier molecular flexibility index (Phi) is 8.72. The maximum absolute atomic E-state index is 12.1. The van der Waals surface area contributed by atoms with Crippen LogP contribution in [0.4, 0.5) is 0 Å². The molecule has 2 aliphatic heterocycles. The number of rotatable bonds is 8. The third-order valence-electron chi connectivity index (χ3n) is 8.89. The van der Waals surface area contributed by atoms with Crippen molar-refractivity contribution < 1.29 is 19.1 Å². The highest BCUT2D eigenvalue weighted by Crippen LogP contribution is 2.37. The summed E-state index contributed by atoms with van der Waals surface area (Å²) in [5.74, 6) is -0.506. The molecule has 8 heteroatoms. The highest BCUT2D eigenvalue weighted by atomic mass is 16.5. The van der Waals surface area contributed by atoms with Crippen LogP contribution in [0.3, 0.4) is 0 Å². The number of aryl methyl sites for hydroxylation is 3. The first-order chi connectivity index (χ1) is 21.1. The number of H-pyrrole nitrogens is 2. The molecule has 5 rings (SSSR count). The van der Waals surface area contributed by atoms with Crippen LogP contribution in [0.25, 0.3) is 50.4 Å². The molecule has 0 saturated carbocycles. The number of hydrogen-bond acceptors (Lipinski definition) is 6. The summed E-state index contributed by atoms with van der Waals surface area (Å²) < 4.78 is 9.89. The van der Waals surface area contributed by atoms with Crippen molar-refractivity contribution in [3.05, 3.63) is 75.9 Å². The van der Waals surface area contributed by atoms with Crippen molar-refractivity contribution in [2.75, 3.05) is 14.2 Å². The first-order valence-corrected chi connectivity index (χ1v) is 15.0. The van der Waals surface area contributed by atoms with Crippen molar-refractivity contribution in [3.63, 3.8) is 0 Å². The summed E-state index contributed by atoms with van der Waals surface area (Å²) >= 11 is 0. The third-order valence-corrected chi connectivity index (χ3v) is 8.89. The van der Waals surface area contributed by atoms with Gasteiger partial charge < -0.3 is 19.4 Å². The Labute approximate surface area is 258 Å². The number of allylic oxidation sites excluding steroid dienone is 4. The van der Waals surface area contributed by atoms with Gasteiger partial charge in [-0.15, -0.1) is 0 Å². The summed E-state index contributed by atoms with van der Waals surface area (Å²) in [6.45, 7) is 14.5. The largest absolute Gasteiger partial charge is 0.469 e. The highest BCUT2D eigenvalue weighted by molar-refractivity contribution is 5.96. The molecule has 5 heterocycles. The molecule has 0 saturated heterocycles. The van der Waals surface area contributed by atoms with Crippen LogP contribution in [0, 0.1) is 13.8 Å². The van der Waals surface area contributed by atoms with Crippen LogP contribution in [0.15, 0.2) is 30.8 Å². The molecule has 0 aliphatic carbocycles. The molecule has 228 valence electrons. The van der Waals surface area contributed by atoms with Crippen molar-refractivity contribution in [3.8, 4) is 0 Å². The second-order valence-corrected chi connectivity index (χ2v) is 11.3. The van der Waals surface area contributed by atoms with E-state index in [9.17, 15) is 9.59 Å². The molecule has 3 aromatic heterocycles. The fraction of sp³-hybridized carbons (Fsp3) is 0.333. The van der Waals surface area contributed by atoms with E-state index >= 15 is 0 Å². The molecule has 8 nitrogen and oxygen atoms in total. The van der Waals surface area contributed by atoms with E-state index in [1.807, 2.05) is 6.08 Å². The van der Waals surface area contributed by atoms with Crippen LogP contribution in [-0.2, 0) is 25.5 Å². The first kappa shape index (κ1) is 30.7. The van der Waals surface area contributed by atoms with Crippen molar-refractivity contribution in [2.24, 2.45) is 0 Å². The zero-order valence-electron chi connectivity index (χ0n) is 26.7. The Morgan fingerprint density at radius 1 is 0.727 bits per heavy atom. The molecule has 0 fully saturated rings. The summed E-state index contributed by atoms with van der Waals surface area (Å²) in [5.41, 5.74) is 15.6. The van der Waals surface area contributed by atoms with E-state index in [4.69, 9.17) is 19.4 Å². The summed E-state index contributed by atoms with van der Waals surface area (Å²) in [5, 5.41) is 0. The average Bonchev–Trinajstić information content (AvgIpc) is 3.67. The molecule has 0 spiro atoms. The summed E-state index contributed by atoms with van der Waals surface area (Å²) in [4.78, 5) is 41.6. The van der Waals surface area contributed by atoms with E-state index in [1.165, 1.54) is 19.8 Å². The molecule has 0 unspecified atom stereocenters. The lowest BCUT2D eigenvalue weighted by molar-refractivity contribution is -0.141. The van der Waals surface area contributed by atoms with Crippen LogP contribution in [0.1, 0.15) is 91.5 Å². The number of nitrogens with zero attached hydrogens (tertiary/aromatic N) is 2. The topological polar surface area (TPSA) is 110 Å². The average molecular weight is 593 g/mol. The molecule has 3 aromatic rings. The number of carbonyl (C=O) groups excluding carboxylic acids is 2. The van der Waals surface area contributed by atoms with Gasteiger partial charge in [-0.2, -0.15) is 0 Å². The van der Waals surface area contributed by atoms with Crippen LogP contribution < -0.4 is 0 Å². The lowest BCUT2D eigenvalue weighted by Gasteiger charge is -2.04. The Balaban J connectivity index is 1.87. The molecule has 2 aliphatic rings. The smallest absolute Gasteiger partial charge is 0.305 e. The Morgan fingerprint density at radius 2 is 1.18 bits per heavy atom. The molecule has 0 aromatic carbocycles. The fourth-order valence-electron chi connectivity index (χ4n) is 6.19. The van der Waals surface area contributed by atoms with Crippen LogP contribution >= 0.6 is 0 Å². The number of nitrogens with one attached hydrogen (secondary N) is 2. The standard InChI is InChI=1S/C36H40N4O4/c1-9-23-19(3)27-15-28-21(5)26(12-14-36(42)44-8)34(39-28)18-32-24(10-2)20(4)29(38-32)17-33-25(11-13-35(41)43-7)22(6)30(40-33)16-31(23)37-27/h9,15-18,37-38H,1,10-14H2,2-8H3. The SMILES string of the molecule is C=Cc1c(C)c2cc3nc(cc4[nH]c(cc5nc(cc1[nH]2)C(C)=C5CCC(=O)OC)c(C)c4CC)C(CCC(=O)OC)=C3C. The predicted molar refractivity (Wildman–Crippen MR) is 177 cm³/mol. The van der Waals surface area contributed by atoms with E-state index < -0.39 is 0 Å². The third kappa shape index (κ3) is 5.64. The summed E-state index contributed by atoms with van der Waals surface area (Å²) in [7, 11) is 2.83. The van der Waals surface area contributed by atoms with Gasteiger partial charge in [0.25, 0.3) is 0 Å². The second kappa shape index (κ2) is 12.5. The fourth-order valence-corrected chi connectivity index (χ4v) is 6.19. The van der Waals surface area contributed by atoms with E-state index in [2.05, 4.69) is 75.4 Å². The second-order valence-electron chi connectivity index (χ2n) is 11.3. The monoisotopic (exact) mass is 592 g/mol. The number of fused-ring (bicyclic) bond motifs is 8. The Morgan fingerprint density at radius 3 is 1.68 bits per heavy atom. The van der Waals surface area contributed by atoms with Crippen molar-refractivity contribution in [1.82, 2.24) is 19.9 Å². The van der Waals surface area contributed by atoms with Crippen molar-refractivity contribution in [1.29, 1.82) is 0 Å². The number of aromatic amines is 2. The Bertz CT molecular complexity index is 1900. The minimum absolute atomic E-state index is 0.252. The van der Waals surface area contributed by atoms with Crippen molar-refractivity contribution in [2.45, 2.75) is 66.7 Å². The zero-order valence-corrected chi connectivity index (χ0v) is 26.7. The lowest BCUT2D eigenvalue weighted by atomic mass is 10.00. The van der Waals surface area contributed by atoms with Gasteiger partial charge >= 0.3 is 11.9 Å². The number of ether oxygens (including phenoxy) is 2. The minimum Gasteiger partial charge on any atom is -0.469 e. The maximum atomic E-state index is 12.1. The molecule has 0 radical (unpaired) electrons. The van der Waals surface area contributed by atoms with Gasteiger partial charge in [-0.1, -0.05) is 19.6 Å². The van der Waals surface area contributed by atoms with Gasteiger partial charge in [0.2, 0.25) is 0 Å². The molecule has 0 atom stereocenters. The van der Waals surface area contributed by atoms with Gasteiger partial charge in [0.05, 0.1) is 37.0 Å². The maximum Gasteiger partial charge on any atom is 0.305 e. The predicted octanol–water partition coefficient (Wildman–Crippen LogP) is 7.90. The van der Waals surface area contributed by atoms with Crippen LogP contribution in [0.5, 0.6) is 0 Å². The zero-order chi connectivity index (χ0) is 31.7. The van der Waals surface area contributed by atoms with E-state index in [-0.39, 0.29) is 24.8 Å². The molecule has 0 amide bonds. The molecule has 2 N–H and O–H groups in total. The van der Waals surface area contributed by atoms with E-state index in [1.54, 1.807) is 0 Å². The molecular weight excluding hydrogens is 552 g/mol. The molecule has 44 heavy (non-hydrogen) atoms. The summed E-state index contributed by atoms with van der Waals surface area (Å²) in [6, 6.07) is 8.29. The van der Waals surface area contributed by atoms with Gasteiger partial charge in [-0.05, 0) is 110 Å². The van der Waals surface area contributed by atoms with Crippen molar-refractivity contribution >= 4 is 62.4 Å². The van der Waals surface area contributed by atoms with Crippen LogP contribution in [-0.4, -0.2) is 46.1 Å². The van der Waals surface area contributed by atoms with Gasteiger partial charge in [-0.3, -0.25) is 9.59 Å². The number of esters is 2. The quantitative estimate of drug-likeness (QED) is 0.257. The van der Waals surface area contributed by atoms with Gasteiger partial charge in [-0.25, -0.2) is 9.97 Å². The molecule has 8 bridgehead atoms. The van der Waals surface area contributed by atoms with Crippen LogP contribution in [0.2, 0.25) is 0 Å².